The first-order chi connectivity index (χ1) is 7.13. The van der Waals surface area contributed by atoms with Crippen LogP contribution in [0.4, 0.5) is 0 Å². The fourth-order valence-electron chi connectivity index (χ4n) is 1.31. The van der Waals surface area contributed by atoms with Crippen LogP contribution in [0.3, 0.4) is 0 Å². The lowest BCUT2D eigenvalue weighted by atomic mass is 10.2. The van der Waals surface area contributed by atoms with Crippen molar-refractivity contribution in [3.63, 3.8) is 0 Å². The molecule has 0 heterocycles. The number of amides is 1. The zero-order chi connectivity index (χ0) is 11.3. The standard InChI is InChI=1S/C11H15ClN2O/c1-14(11(15)5-6-13)8-9-3-2-4-10(12)7-9/h2-4,7H,5-6,8,13H2,1H3. The van der Waals surface area contributed by atoms with Crippen LogP contribution in [-0.4, -0.2) is 24.4 Å². The minimum atomic E-state index is 0.0532. The summed E-state index contributed by atoms with van der Waals surface area (Å²) in [5, 5.41) is 0.687. The van der Waals surface area contributed by atoms with Crippen LogP contribution in [0.5, 0.6) is 0 Å². The van der Waals surface area contributed by atoms with Gasteiger partial charge < -0.3 is 10.6 Å². The Labute approximate surface area is 94.8 Å². The predicted octanol–water partition coefficient (Wildman–Crippen LogP) is 1.65. The molecule has 0 spiro atoms. The molecule has 82 valence electrons. The van der Waals surface area contributed by atoms with E-state index in [1.54, 1.807) is 11.9 Å². The van der Waals surface area contributed by atoms with Gasteiger partial charge in [0, 0.05) is 31.6 Å². The normalized spacial score (nSPS) is 10.1. The molecule has 3 nitrogen and oxygen atoms in total. The second-order valence-corrected chi connectivity index (χ2v) is 3.85. The molecule has 0 atom stereocenters. The number of nitrogens with two attached hydrogens (primary N) is 1. The lowest BCUT2D eigenvalue weighted by Crippen LogP contribution is -2.27. The van der Waals surface area contributed by atoms with Gasteiger partial charge >= 0.3 is 0 Å². The molecule has 0 saturated heterocycles. The molecule has 15 heavy (non-hydrogen) atoms. The number of hydrogen-bond acceptors (Lipinski definition) is 2. The molecule has 0 aliphatic heterocycles. The fraction of sp³-hybridized carbons (Fsp3) is 0.364. The van der Waals surface area contributed by atoms with Crippen molar-refractivity contribution in [1.82, 2.24) is 4.90 Å². The molecule has 0 fully saturated rings. The molecule has 1 amide bonds. The Morgan fingerprint density at radius 1 is 1.53 bits per heavy atom. The Hall–Kier alpha value is -1.06. The Bertz CT molecular complexity index is 341. The van der Waals surface area contributed by atoms with Crippen molar-refractivity contribution in [2.24, 2.45) is 5.73 Å². The Morgan fingerprint density at radius 3 is 2.87 bits per heavy atom. The number of nitrogens with zero attached hydrogens (tertiary/aromatic N) is 1. The minimum absolute atomic E-state index is 0.0532. The molecule has 4 heteroatoms. The molecule has 0 radical (unpaired) electrons. The highest BCUT2D eigenvalue weighted by atomic mass is 35.5. The molecule has 0 aliphatic carbocycles. The van der Waals surface area contributed by atoms with Crippen LogP contribution in [0.2, 0.25) is 5.02 Å². The lowest BCUT2D eigenvalue weighted by molar-refractivity contribution is -0.130. The summed E-state index contributed by atoms with van der Waals surface area (Å²) in [7, 11) is 1.76. The first-order valence-corrected chi connectivity index (χ1v) is 5.19. The highest BCUT2D eigenvalue weighted by Crippen LogP contribution is 2.12. The van der Waals surface area contributed by atoms with Crippen molar-refractivity contribution in [3.8, 4) is 0 Å². The maximum absolute atomic E-state index is 11.4. The molecule has 1 aromatic rings. The molecular weight excluding hydrogens is 212 g/mol. The molecule has 0 aromatic heterocycles. The van der Waals surface area contributed by atoms with Crippen LogP contribution < -0.4 is 5.73 Å². The maximum atomic E-state index is 11.4. The highest BCUT2D eigenvalue weighted by molar-refractivity contribution is 6.30. The van der Waals surface area contributed by atoms with Gasteiger partial charge in [0.25, 0.3) is 0 Å². The Morgan fingerprint density at radius 2 is 2.27 bits per heavy atom. The van der Waals surface area contributed by atoms with E-state index in [9.17, 15) is 4.79 Å². The summed E-state index contributed by atoms with van der Waals surface area (Å²) >= 11 is 5.85. The number of benzene rings is 1. The van der Waals surface area contributed by atoms with E-state index in [1.165, 1.54) is 0 Å². The van der Waals surface area contributed by atoms with Gasteiger partial charge in [-0.15, -0.1) is 0 Å². The number of rotatable bonds is 4. The lowest BCUT2D eigenvalue weighted by Gasteiger charge is -2.16. The Balaban J connectivity index is 2.58. The van der Waals surface area contributed by atoms with E-state index in [2.05, 4.69) is 0 Å². The van der Waals surface area contributed by atoms with Gasteiger partial charge in [-0.25, -0.2) is 0 Å². The minimum Gasteiger partial charge on any atom is -0.341 e. The third-order valence-electron chi connectivity index (χ3n) is 2.09. The van der Waals surface area contributed by atoms with E-state index in [4.69, 9.17) is 17.3 Å². The summed E-state index contributed by atoms with van der Waals surface area (Å²) in [5.74, 6) is 0.0532. The molecule has 1 rings (SSSR count). The Kier molecular flexibility index (Phi) is 4.59. The van der Waals surface area contributed by atoms with Crippen LogP contribution in [0.1, 0.15) is 12.0 Å². The number of hydrogen-bond donors (Lipinski definition) is 1. The van der Waals surface area contributed by atoms with Crippen LogP contribution in [0.15, 0.2) is 24.3 Å². The molecule has 0 aliphatic rings. The molecular formula is C11H15ClN2O. The van der Waals surface area contributed by atoms with E-state index in [1.807, 2.05) is 24.3 Å². The molecule has 1 aromatic carbocycles. The van der Waals surface area contributed by atoms with E-state index in [-0.39, 0.29) is 5.91 Å². The van der Waals surface area contributed by atoms with Gasteiger partial charge in [-0.1, -0.05) is 23.7 Å². The first kappa shape index (κ1) is 12.0. The summed E-state index contributed by atoms with van der Waals surface area (Å²) in [6.07, 6.45) is 0.386. The van der Waals surface area contributed by atoms with Gasteiger partial charge in [0.05, 0.1) is 0 Å². The topological polar surface area (TPSA) is 46.3 Å². The average molecular weight is 227 g/mol. The van der Waals surface area contributed by atoms with Gasteiger partial charge in [0.15, 0.2) is 0 Å². The summed E-state index contributed by atoms with van der Waals surface area (Å²) < 4.78 is 0. The average Bonchev–Trinajstić information content (AvgIpc) is 2.18. The van der Waals surface area contributed by atoms with E-state index < -0.39 is 0 Å². The summed E-state index contributed by atoms with van der Waals surface area (Å²) in [6, 6.07) is 7.48. The van der Waals surface area contributed by atoms with Crippen LogP contribution in [-0.2, 0) is 11.3 Å². The van der Waals surface area contributed by atoms with Crippen molar-refractivity contribution in [2.75, 3.05) is 13.6 Å². The van der Waals surface area contributed by atoms with Crippen molar-refractivity contribution in [1.29, 1.82) is 0 Å². The largest absolute Gasteiger partial charge is 0.341 e. The fourth-order valence-corrected chi connectivity index (χ4v) is 1.52. The van der Waals surface area contributed by atoms with Gasteiger partial charge in [-0.05, 0) is 17.7 Å². The number of carbonyl (C=O) groups excluding carboxylic acids is 1. The molecule has 0 unspecified atom stereocenters. The van der Waals surface area contributed by atoms with Crippen LogP contribution >= 0.6 is 11.6 Å². The summed E-state index contributed by atoms with van der Waals surface area (Å²) in [5.41, 5.74) is 6.34. The second kappa shape index (κ2) is 5.73. The van der Waals surface area contributed by atoms with Crippen LogP contribution in [0, 0.1) is 0 Å². The van der Waals surface area contributed by atoms with Gasteiger partial charge in [0.1, 0.15) is 0 Å². The van der Waals surface area contributed by atoms with E-state index >= 15 is 0 Å². The predicted molar refractivity (Wildman–Crippen MR) is 61.6 cm³/mol. The van der Waals surface area contributed by atoms with Gasteiger partial charge in [0.2, 0.25) is 5.91 Å². The molecule has 0 saturated carbocycles. The molecule has 2 N–H and O–H groups in total. The molecule has 0 bridgehead atoms. The first-order valence-electron chi connectivity index (χ1n) is 4.82. The van der Waals surface area contributed by atoms with Gasteiger partial charge in [-0.2, -0.15) is 0 Å². The zero-order valence-corrected chi connectivity index (χ0v) is 9.50. The van der Waals surface area contributed by atoms with Crippen molar-refractivity contribution in [2.45, 2.75) is 13.0 Å². The summed E-state index contributed by atoms with van der Waals surface area (Å²) in [6.45, 7) is 0.956. The van der Waals surface area contributed by atoms with E-state index in [0.29, 0.717) is 24.5 Å². The van der Waals surface area contributed by atoms with Gasteiger partial charge in [-0.3, -0.25) is 4.79 Å². The second-order valence-electron chi connectivity index (χ2n) is 3.42. The SMILES string of the molecule is CN(Cc1cccc(Cl)c1)C(=O)CCN. The van der Waals surface area contributed by atoms with Crippen molar-refractivity contribution in [3.05, 3.63) is 34.9 Å². The smallest absolute Gasteiger partial charge is 0.223 e. The zero-order valence-electron chi connectivity index (χ0n) is 8.74. The van der Waals surface area contributed by atoms with Crippen LogP contribution in [0.25, 0.3) is 0 Å². The maximum Gasteiger partial charge on any atom is 0.223 e. The highest BCUT2D eigenvalue weighted by Gasteiger charge is 2.07. The van der Waals surface area contributed by atoms with Crippen molar-refractivity contribution < 1.29 is 4.79 Å². The third-order valence-corrected chi connectivity index (χ3v) is 2.33. The third kappa shape index (κ3) is 3.90. The number of halogens is 1. The number of carbonyl (C=O) groups is 1. The monoisotopic (exact) mass is 226 g/mol. The quantitative estimate of drug-likeness (QED) is 0.849. The summed E-state index contributed by atoms with van der Waals surface area (Å²) in [4.78, 5) is 13.1. The van der Waals surface area contributed by atoms with Crippen molar-refractivity contribution >= 4 is 17.5 Å². The van der Waals surface area contributed by atoms with E-state index in [0.717, 1.165) is 5.56 Å².